The van der Waals surface area contributed by atoms with E-state index in [1.807, 2.05) is 6.07 Å². The van der Waals surface area contributed by atoms with Crippen LogP contribution in [0.25, 0.3) is 0 Å². The molecule has 2 aromatic carbocycles. The molecule has 0 aliphatic heterocycles. The van der Waals surface area contributed by atoms with Crippen LogP contribution in [-0.2, 0) is 17.3 Å². The summed E-state index contributed by atoms with van der Waals surface area (Å²) in [6, 6.07) is 13.6. The second kappa shape index (κ2) is 5.95. The Balaban J connectivity index is 2.48. The minimum absolute atomic E-state index is 0.262. The molecule has 2 rings (SSSR count). The van der Waals surface area contributed by atoms with Gasteiger partial charge in [0.1, 0.15) is 0 Å². The maximum absolute atomic E-state index is 12.4. The Labute approximate surface area is 117 Å². The Morgan fingerprint density at radius 3 is 2.42 bits per heavy atom. The van der Waals surface area contributed by atoms with E-state index in [1.165, 1.54) is 0 Å². The lowest BCUT2D eigenvalue weighted by atomic mass is 10.2. The van der Waals surface area contributed by atoms with E-state index in [1.54, 1.807) is 42.5 Å². The lowest BCUT2D eigenvalue weighted by Crippen LogP contribution is -2.05. The van der Waals surface area contributed by atoms with Crippen molar-refractivity contribution in [3.63, 3.8) is 0 Å². The normalized spacial score (nSPS) is 12.1. The van der Waals surface area contributed by atoms with E-state index in [-0.39, 0.29) is 5.02 Å². The Morgan fingerprint density at radius 1 is 1.11 bits per heavy atom. The summed E-state index contributed by atoms with van der Waals surface area (Å²) in [6.45, 7) is -0.437. The molecule has 0 heterocycles. The highest BCUT2D eigenvalue weighted by atomic mass is 35.5. The van der Waals surface area contributed by atoms with Crippen molar-refractivity contribution in [2.24, 2.45) is 0 Å². The monoisotopic (exact) mass is 295 g/mol. The van der Waals surface area contributed by atoms with E-state index in [0.717, 1.165) is 0 Å². The maximum Gasteiger partial charge on any atom is 0.231 e. The van der Waals surface area contributed by atoms with Gasteiger partial charge in [0.05, 0.1) is 26.3 Å². The van der Waals surface area contributed by atoms with Gasteiger partial charge in [0.25, 0.3) is 0 Å². The first-order valence-electron chi connectivity index (χ1n) is 5.45. The summed E-state index contributed by atoms with van der Waals surface area (Å²) in [5, 5.41) is 10.9. The van der Waals surface area contributed by atoms with Crippen LogP contribution in [0, 0.1) is 10.1 Å². The average Bonchev–Trinajstić information content (AvgIpc) is 2.41. The maximum atomic E-state index is 12.4. The van der Waals surface area contributed by atoms with E-state index in [4.69, 9.17) is 11.6 Å². The van der Waals surface area contributed by atoms with Gasteiger partial charge in [0.15, 0.2) is 0 Å². The quantitative estimate of drug-likeness (QED) is 0.642. The third-order valence-corrected chi connectivity index (χ3v) is 4.36. The number of benzene rings is 2. The van der Waals surface area contributed by atoms with Crippen LogP contribution in [0.3, 0.4) is 0 Å². The number of nitro groups is 1. The topological polar surface area (TPSA) is 60.2 Å². The fourth-order valence-corrected chi connectivity index (χ4v) is 3.22. The van der Waals surface area contributed by atoms with Crippen LogP contribution in [0.15, 0.2) is 58.3 Å². The van der Waals surface area contributed by atoms with Crippen LogP contribution < -0.4 is 0 Å². The smallest absolute Gasteiger partial charge is 0.231 e. The van der Waals surface area contributed by atoms with Crippen molar-refractivity contribution < 1.29 is 9.13 Å². The van der Waals surface area contributed by atoms with Crippen molar-refractivity contribution in [3.05, 3.63) is 69.2 Å². The van der Waals surface area contributed by atoms with E-state index in [0.29, 0.717) is 15.4 Å². The molecule has 0 aliphatic rings. The minimum atomic E-state index is -1.47. The van der Waals surface area contributed by atoms with Crippen LogP contribution in [0.5, 0.6) is 0 Å². The molecular formula is C13H10ClNO3S. The third-order valence-electron chi connectivity index (χ3n) is 2.52. The fourth-order valence-electron chi connectivity index (χ4n) is 1.67. The molecule has 0 bridgehead atoms. The summed E-state index contributed by atoms with van der Waals surface area (Å²) in [5.74, 6) is 0. The van der Waals surface area contributed by atoms with E-state index in [2.05, 4.69) is 0 Å². The van der Waals surface area contributed by atoms with Gasteiger partial charge in [-0.05, 0) is 24.3 Å². The van der Waals surface area contributed by atoms with Crippen LogP contribution >= 0.6 is 11.6 Å². The SMILES string of the molecule is O=[N+]([O-])Cc1c(Cl)cccc1S(=O)c1ccccc1. The van der Waals surface area contributed by atoms with E-state index >= 15 is 0 Å². The fraction of sp³-hybridized carbons (Fsp3) is 0.0769. The van der Waals surface area contributed by atoms with E-state index in [9.17, 15) is 14.3 Å². The van der Waals surface area contributed by atoms with Crippen molar-refractivity contribution in [1.29, 1.82) is 0 Å². The summed E-state index contributed by atoms with van der Waals surface area (Å²) < 4.78 is 12.4. The Morgan fingerprint density at radius 2 is 1.79 bits per heavy atom. The van der Waals surface area contributed by atoms with Crippen molar-refractivity contribution in [2.75, 3.05) is 0 Å². The third kappa shape index (κ3) is 3.19. The number of halogens is 1. The van der Waals surface area contributed by atoms with Gasteiger partial charge in [-0.15, -0.1) is 0 Å². The van der Waals surface area contributed by atoms with Crippen molar-refractivity contribution in [2.45, 2.75) is 16.3 Å². The number of rotatable bonds is 4. The highest BCUT2D eigenvalue weighted by Gasteiger charge is 2.18. The zero-order valence-corrected chi connectivity index (χ0v) is 11.4. The van der Waals surface area contributed by atoms with Gasteiger partial charge in [-0.25, -0.2) is 4.21 Å². The summed E-state index contributed by atoms with van der Waals surface area (Å²) in [7, 11) is -1.47. The second-order valence-corrected chi connectivity index (χ2v) is 5.65. The lowest BCUT2D eigenvalue weighted by Gasteiger charge is -2.08. The molecule has 4 nitrogen and oxygen atoms in total. The zero-order chi connectivity index (χ0) is 13.8. The highest BCUT2D eigenvalue weighted by Crippen LogP contribution is 2.26. The van der Waals surface area contributed by atoms with Gasteiger partial charge in [-0.2, -0.15) is 0 Å². The summed E-state index contributed by atoms with van der Waals surface area (Å²) in [5.41, 5.74) is 0.302. The first kappa shape index (κ1) is 13.7. The largest absolute Gasteiger partial charge is 0.264 e. The molecule has 1 unspecified atom stereocenters. The van der Waals surface area contributed by atoms with Gasteiger partial charge in [0.2, 0.25) is 6.54 Å². The minimum Gasteiger partial charge on any atom is -0.264 e. The molecule has 0 aromatic heterocycles. The molecule has 0 aliphatic carbocycles. The Kier molecular flexibility index (Phi) is 4.29. The molecule has 0 amide bonds. The highest BCUT2D eigenvalue weighted by molar-refractivity contribution is 7.85. The van der Waals surface area contributed by atoms with E-state index < -0.39 is 22.3 Å². The van der Waals surface area contributed by atoms with Crippen molar-refractivity contribution in [1.82, 2.24) is 0 Å². The van der Waals surface area contributed by atoms with Crippen LogP contribution in [0.2, 0.25) is 5.02 Å². The summed E-state index contributed by atoms with van der Waals surface area (Å²) in [4.78, 5) is 11.2. The molecule has 0 spiro atoms. The van der Waals surface area contributed by atoms with Gasteiger partial charge >= 0.3 is 0 Å². The molecule has 98 valence electrons. The molecule has 0 fully saturated rings. The van der Waals surface area contributed by atoms with Gasteiger partial charge in [-0.1, -0.05) is 35.9 Å². The van der Waals surface area contributed by atoms with Crippen LogP contribution in [-0.4, -0.2) is 9.13 Å². The summed E-state index contributed by atoms with van der Waals surface area (Å²) >= 11 is 5.97. The standard InChI is InChI=1S/C13H10ClNO3S/c14-12-7-4-8-13(11(12)9-15(16)17)19(18)10-5-2-1-3-6-10/h1-8H,9H2. The molecule has 0 N–H and O–H groups in total. The number of hydrogen-bond donors (Lipinski definition) is 0. The summed E-state index contributed by atoms with van der Waals surface area (Å²) in [6.07, 6.45) is 0. The van der Waals surface area contributed by atoms with Crippen molar-refractivity contribution >= 4 is 22.4 Å². The average molecular weight is 296 g/mol. The Bertz CT molecular complexity index is 631. The first-order valence-corrected chi connectivity index (χ1v) is 6.98. The first-order chi connectivity index (χ1) is 9.09. The van der Waals surface area contributed by atoms with Crippen LogP contribution in [0.1, 0.15) is 5.56 Å². The molecule has 1 atom stereocenters. The molecule has 0 radical (unpaired) electrons. The zero-order valence-electron chi connectivity index (χ0n) is 9.78. The van der Waals surface area contributed by atoms with Gasteiger partial charge in [0, 0.05) is 9.82 Å². The molecule has 19 heavy (non-hydrogen) atoms. The van der Waals surface area contributed by atoms with Crippen molar-refractivity contribution in [3.8, 4) is 0 Å². The molecule has 6 heteroatoms. The number of nitrogens with zero attached hydrogens (tertiary/aromatic N) is 1. The van der Waals surface area contributed by atoms with Crippen LogP contribution in [0.4, 0.5) is 0 Å². The predicted octanol–water partition coefficient (Wildman–Crippen LogP) is 3.28. The molecule has 0 saturated carbocycles. The molecular weight excluding hydrogens is 286 g/mol. The van der Waals surface area contributed by atoms with Gasteiger partial charge in [-0.3, -0.25) is 10.1 Å². The second-order valence-electron chi connectivity index (χ2n) is 3.79. The Hall–Kier alpha value is -1.72. The predicted molar refractivity (Wildman–Crippen MR) is 73.3 cm³/mol. The lowest BCUT2D eigenvalue weighted by molar-refractivity contribution is -0.497. The molecule has 2 aromatic rings. The number of hydrogen-bond acceptors (Lipinski definition) is 3. The molecule has 0 saturated heterocycles. The van der Waals surface area contributed by atoms with Gasteiger partial charge < -0.3 is 0 Å².